The van der Waals surface area contributed by atoms with E-state index in [0.717, 1.165) is 28.7 Å². The molecule has 20 heavy (non-hydrogen) atoms. The van der Waals surface area contributed by atoms with Gasteiger partial charge < -0.3 is 23.7 Å². The van der Waals surface area contributed by atoms with Gasteiger partial charge in [-0.2, -0.15) is 0 Å². The first-order valence-electron chi connectivity index (χ1n) is 7.02. The van der Waals surface area contributed by atoms with Crippen molar-refractivity contribution < 1.29 is 23.7 Å². The van der Waals surface area contributed by atoms with Gasteiger partial charge in [0.15, 0.2) is 0 Å². The smallest absolute Gasteiger partial charge is 0.141 e. The van der Waals surface area contributed by atoms with Gasteiger partial charge >= 0.3 is 0 Å². The lowest BCUT2D eigenvalue weighted by Gasteiger charge is -2.30. The van der Waals surface area contributed by atoms with Gasteiger partial charge in [0.05, 0.1) is 43.3 Å². The lowest BCUT2D eigenvalue weighted by Crippen LogP contribution is -2.39. The fourth-order valence-electron chi connectivity index (χ4n) is 1.61. The molecule has 0 bridgehead atoms. The fourth-order valence-corrected chi connectivity index (χ4v) is 2.37. The van der Waals surface area contributed by atoms with E-state index in [1.54, 1.807) is 14.2 Å². The standard InChI is InChI=1S/C14H30O5Si/c1-13(2)12-17-7-5-6-14(20,18-10-8-15-3)19-11-9-16-4/h1,5-12H2,2-4,20H3. The maximum absolute atomic E-state index is 5.83. The average Bonchev–Trinajstić information content (AvgIpc) is 2.39. The predicted octanol–water partition coefficient (Wildman–Crippen LogP) is 0.704. The van der Waals surface area contributed by atoms with Crippen LogP contribution in [0.1, 0.15) is 19.8 Å². The highest BCUT2D eigenvalue weighted by Gasteiger charge is 2.24. The van der Waals surface area contributed by atoms with Crippen LogP contribution in [-0.2, 0) is 23.7 Å². The Bertz CT molecular complexity index is 238. The van der Waals surface area contributed by atoms with Gasteiger partial charge in [0.1, 0.15) is 5.41 Å². The molecule has 0 rings (SSSR count). The average molecular weight is 306 g/mol. The van der Waals surface area contributed by atoms with Crippen LogP contribution in [0.15, 0.2) is 12.2 Å². The second-order valence-corrected chi connectivity index (χ2v) is 6.45. The number of hydrogen-bond donors (Lipinski definition) is 0. The summed E-state index contributed by atoms with van der Waals surface area (Å²) < 4.78 is 27.2. The first-order valence-corrected chi connectivity index (χ1v) is 8.02. The first-order chi connectivity index (χ1) is 9.54. The van der Waals surface area contributed by atoms with Crippen LogP contribution in [0.5, 0.6) is 0 Å². The van der Waals surface area contributed by atoms with Gasteiger partial charge in [0.25, 0.3) is 0 Å². The molecule has 5 nitrogen and oxygen atoms in total. The summed E-state index contributed by atoms with van der Waals surface area (Å²) in [6, 6.07) is 0. The van der Waals surface area contributed by atoms with Crippen molar-refractivity contribution in [2.45, 2.75) is 25.2 Å². The Labute approximate surface area is 126 Å². The van der Waals surface area contributed by atoms with Gasteiger partial charge in [0.2, 0.25) is 0 Å². The highest BCUT2D eigenvalue weighted by molar-refractivity contribution is 6.13. The van der Waals surface area contributed by atoms with Crippen LogP contribution in [0.2, 0.25) is 0 Å². The van der Waals surface area contributed by atoms with Crippen LogP contribution in [0.4, 0.5) is 0 Å². The van der Waals surface area contributed by atoms with Gasteiger partial charge in [-0.15, -0.1) is 0 Å². The molecule has 0 atom stereocenters. The molecule has 6 heteroatoms. The lowest BCUT2D eigenvalue weighted by atomic mass is 10.3. The van der Waals surface area contributed by atoms with E-state index in [2.05, 4.69) is 6.58 Å². The summed E-state index contributed by atoms with van der Waals surface area (Å²) in [7, 11) is 4.11. The number of rotatable bonds is 14. The minimum Gasteiger partial charge on any atom is -0.382 e. The Balaban J connectivity index is 3.98. The third kappa shape index (κ3) is 11.6. The zero-order valence-electron chi connectivity index (χ0n) is 13.4. The van der Waals surface area contributed by atoms with E-state index in [0.29, 0.717) is 39.6 Å². The van der Waals surface area contributed by atoms with E-state index < -0.39 is 5.41 Å². The number of ether oxygens (including phenoxy) is 5. The predicted molar refractivity (Wildman–Crippen MR) is 83.2 cm³/mol. The molecule has 0 unspecified atom stereocenters. The van der Waals surface area contributed by atoms with Crippen LogP contribution in [0, 0.1) is 0 Å². The second kappa shape index (κ2) is 12.5. The Kier molecular flexibility index (Phi) is 12.3. The molecular formula is C14H30O5Si. The van der Waals surface area contributed by atoms with Gasteiger partial charge in [-0.1, -0.05) is 12.2 Å². The van der Waals surface area contributed by atoms with Crippen molar-refractivity contribution in [1.29, 1.82) is 0 Å². The topological polar surface area (TPSA) is 46.2 Å². The van der Waals surface area contributed by atoms with Gasteiger partial charge in [-0.05, 0) is 19.8 Å². The molecule has 0 aliphatic carbocycles. The molecular weight excluding hydrogens is 276 g/mol. The van der Waals surface area contributed by atoms with Crippen molar-refractivity contribution in [2.24, 2.45) is 0 Å². The zero-order chi connectivity index (χ0) is 15.3. The lowest BCUT2D eigenvalue weighted by molar-refractivity contribution is -0.194. The van der Waals surface area contributed by atoms with E-state index >= 15 is 0 Å². The largest absolute Gasteiger partial charge is 0.382 e. The third-order valence-corrected chi connectivity index (χ3v) is 3.74. The Morgan fingerprint density at radius 2 is 1.55 bits per heavy atom. The molecule has 0 saturated carbocycles. The molecule has 0 aliphatic rings. The van der Waals surface area contributed by atoms with Crippen LogP contribution >= 0.6 is 0 Å². The van der Waals surface area contributed by atoms with Crippen LogP contribution in [-0.4, -0.2) is 69.5 Å². The van der Waals surface area contributed by atoms with E-state index in [1.807, 2.05) is 6.92 Å². The van der Waals surface area contributed by atoms with Gasteiger partial charge in [-0.25, -0.2) is 0 Å². The molecule has 0 heterocycles. The molecule has 0 spiro atoms. The number of methoxy groups -OCH3 is 2. The van der Waals surface area contributed by atoms with Crippen LogP contribution in [0.25, 0.3) is 0 Å². The Morgan fingerprint density at radius 3 is 2.00 bits per heavy atom. The summed E-state index contributed by atoms with van der Waals surface area (Å²) >= 11 is 0. The quantitative estimate of drug-likeness (QED) is 0.205. The molecule has 0 aromatic rings. The molecule has 0 aliphatic heterocycles. The van der Waals surface area contributed by atoms with E-state index in [4.69, 9.17) is 23.7 Å². The zero-order valence-corrected chi connectivity index (χ0v) is 15.4. The minimum atomic E-state index is -0.482. The maximum Gasteiger partial charge on any atom is 0.141 e. The van der Waals surface area contributed by atoms with Gasteiger partial charge in [-0.3, -0.25) is 0 Å². The number of hydrogen-bond acceptors (Lipinski definition) is 5. The van der Waals surface area contributed by atoms with Gasteiger partial charge in [0, 0.05) is 20.8 Å². The monoisotopic (exact) mass is 306 g/mol. The maximum atomic E-state index is 5.83. The SMILES string of the molecule is C=C(C)COCCCC([SiH3])(OCCOC)OCCOC. The highest BCUT2D eigenvalue weighted by Crippen LogP contribution is 2.16. The molecule has 0 radical (unpaired) electrons. The van der Waals surface area contributed by atoms with Crippen LogP contribution in [0.3, 0.4) is 0 Å². The van der Waals surface area contributed by atoms with E-state index in [9.17, 15) is 0 Å². The minimum absolute atomic E-state index is 0.482. The first kappa shape index (κ1) is 19.8. The molecule has 0 N–H and O–H groups in total. The summed E-state index contributed by atoms with van der Waals surface area (Å²) in [6.45, 7) is 9.30. The van der Waals surface area contributed by atoms with Crippen molar-refractivity contribution in [2.75, 3.05) is 53.9 Å². The van der Waals surface area contributed by atoms with Crippen molar-refractivity contribution in [3.05, 3.63) is 12.2 Å². The second-order valence-electron chi connectivity index (χ2n) is 4.93. The van der Waals surface area contributed by atoms with Crippen molar-refractivity contribution in [3.63, 3.8) is 0 Å². The molecule has 0 amide bonds. The highest BCUT2D eigenvalue weighted by atomic mass is 28.1. The van der Waals surface area contributed by atoms with Crippen molar-refractivity contribution in [3.8, 4) is 0 Å². The fraction of sp³-hybridized carbons (Fsp3) is 0.857. The molecule has 0 aromatic heterocycles. The summed E-state index contributed by atoms with van der Waals surface area (Å²) in [6.07, 6.45) is 1.72. The van der Waals surface area contributed by atoms with Crippen molar-refractivity contribution in [1.82, 2.24) is 0 Å². The Morgan fingerprint density at radius 1 is 1.00 bits per heavy atom. The van der Waals surface area contributed by atoms with Crippen LogP contribution < -0.4 is 0 Å². The van der Waals surface area contributed by atoms with Crippen molar-refractivity contribution >= 4 is 10.2 Å². The third-order valence-electron chi connectivity index (χ3n) is 2.66. The summed E-state index contributed by atoms with van der Waals surface area (Å²) in [5.74, 6) is 0. The molecule has 120 valence electrons. The van der Waals surface area contributed by atoms with E-state index in [-0.39, 0.29) is 0 Å². The molecule has 0 fully saturated rings. The Hall–Kier alpha value is -0.243. The molecule has 0 saturated heterocycles. The normalized spacial score (nSPS) is 11.9. The summed E-state index contributed by atoms with van der Waals surface area (Å²) in [4.78, 5) is 0. The summed E-state index contributed by atoms with van der Waals surface area (Å²) in [5, 5.41) is 0. The summed E-state index contributed by atoms with van der Waals surface area (Å²) in [5.41, 5.74) is 0.554. The van der Waals surface area contributed by atoms with E-state index in [1.165, 1.54) is 0 Å². The molecule has 0 aromatic carbocycles.